The van der Waals surface area contributed by atoms with Crippen molar-refractivity contribution >= 4 is 21.6 Å². The third-order valence-corrected chi connectivity index (χ3v) is 10.2. The molecule has 2 atom stereocenters. The van der Waals surface area contributed by atoms with Gasteiger partial charge in [-0.2, -0.15) is 0 Å². The average Bonchev–Trinajstić information content (AvgIpc) is 3.85. The van der Waals surface area contributed by atoms with Crippen LogP contribution in [0.1, 0.15) is 42.9 Å². The molecule has 46 heavy (non-hydrogen) atoms. The summed E-state index contributed by atoms with van der Waals surface area (Å²) in [6.45, 7) is 0.937. The van der Waals surface area contributed by atoms with Gasteiger partial charge in [0, 0.05) is 31.6 Å². The van der Waals surface area contributed by atoms with Gasteiger partial charge in [0.15, 0.2) is 21.5 Å². The summed E-state index contributed by atoms with van der Waals surface area (Å²) in [5.41, 5.74) is 1.90. The Morgan fingerprint density at radius 2 is 1.50 bits per heavy atom. The molecule has 6 rings (SSSR count). The zero-order chi connectivity index (χ0) is 32.0. The molecule has 0 spiro atoms. The van der Waals surface area contributed by atoms with E-state index in [1.165, 1.54) is 0 Å². The third kappa shape index (κ3) is 7.16. The van der Waals surface area contributed by atoms with Crippen molar-refractivity contribution in [1.29, 1.82) is 0 Å². The van der Waals surface area contributed by atoms with Crippen molar-refractivity contribution in [2.75, 3.05) is 25.5 Å². The van der Waals surface area contributed by atoms with E-state index in [4.69, 9.17) is 19.6 Å². The number of amides is 1. The molecule has 8 nitrogen and oxygen atoms in total. The molecule has 0 bridgehead atoms. The first-order chi connectivity index (χ1) is 22.4. The SMILES string of the molecule is O=C(NCC1CC1)[C@]1(CCS(=O)(=O)c2ccccc2)N=C(c2ccc(OCCCO)cc2)O[C@@H]1c1ccc(-c2ccccc2)cc1. The Labute approximate surface area is 270 Å². The van der Waals surface area contributed by atoms with E-state index in [9.17, 15) is 13.2 Å². The second-order valence-electron chi connectivity index (χ2n) is 11.8. The molecule has 0 unspecified atom stereocenters. The third-order valence-electron chi connectivity index (χ3n) is 8.45. The Bertz CT molecular complexity index is 1760. The van der Waals surface area contributed by atoms with Crippen LogP contribution in [0.25, 0.3) is 11.1 Å². The van der Waals surface area contributed by atoms with Gasteiger partial charge in [-0.15, -0.1) is 0 Å². The Balaban J connectivity index is 1.38. The lowest BCUT2D eigenvalue weighted by molar-refractivity contribution is -0.129. The average molecular weight is 639 g/mol. The molecule has 1 fully saturated rings. The molecule has 1 aliphatic heterocycles. The predicted octanol–water partition coefficient (Wildman–Crippen LogP) is 5.76. The first kappa shape index (κ1) is 31.5. The normalized spacial score (nSPS) is 19.2. The van der Waals surface area contributed by atoms with Crippen LogP contribution >= 0.6 is 0 Å². The standard InChI is InChI=1S/C37H38N2O6S/c40-23-7-24-44-32-20-18-31(19-21-32)35-39-37(36(41)38-26-27-12-13-27,22-25-46(42,43)33-10-5-2-6-11-33)34(45-35)30-16-14-29(15-17-30)28-8-3-1-4-9-28/h1-6,8-11,14-21,27,34,40H,7,12-13,22-26H2,(H,38,41)/t34-,37-/m1/s1. The number of carbonyl (C=O) groups excluding carboxylic acids is 1. The van der Waals surface area contributed by atoms with Crippen LogP contribution in [-0.4, -0.2) is 56.4 Å². The Morgan fingerprint density at radius 1 is 0.870 bits per heavy atom. The first-order valence-electron chi connectivity index (χ1n) is 15.7. The second-order valence-corrected chi connectivity index (χ2v) is 13.9. The topological polar surface area (TPSA) is 114 Å². The van der Waals surface area contributed by atoms with Gasteiger partial charge in [-0.3, -0.25) is 4.79 Å². The van der Waals surface area contributed by atoms with E-state index in [1.807, 2.05) is 66.7 Å². The molecule has 0 radical (unpaired) electrons. The summed E-state index contributed by atoms with van der Waals surface area (Å²) < 4.78 is 39.3. The Hall–Kier alpha value is -4.47. The maximum absolute atomic E-state index is 14.3. The van der Waals surface area contributed by atoms with Crippen LogP contribution in [0.15, 0.2) is 119 Å². The largest absolute Gasteiger partial charge is 0.494 e. The Morgan fingerprint density at radius 3 is 2.15 bits per heavy atom. The quantitative estimate of drug-likeness (QED) is 0.170. The number of aliphatic hydroxyl groups excluding tert-OH is 1. The minimum Gasteiger partial charge on any atom is -0.494 e. The van der Waals surface area contributed by atoms with Gasteiger partial charge in [0.2, 0.25) is 5.90 Å². The summed E-state index contributed by atoms with van der Waals surface area (Å²) >= 11 is 0. The molecule has 2 N–H and O–H groups in total. The fraction of sp³-hybridized carbons (Fsp3) is 0.297. The molecular weight excluding hydrogens is 600 g/mol. The van der Waals surface area contributed by atoms with Crippen molar-refractivity contribution < 1.29 is 27.8 Å². The summed E-state index contributed by atoms with van der Waals surface area (Å²) in [6, 6.07) is 33.3. The van der Waals surface area contributed by atoms with E-state index in [1.54, 1.807) is 42.5 Å². The first-order valence-corrected chi connectivity index (χ1v) is 17.4. The molecule has 1 amide bonds. The van der Waals surface area contributed by atoms with Gasteiger partial charge in [0.25, 0.3) is 5.91 Å². The molecule has 4 aromatic carbocycles. The summed E-state index contributed by atoms with van der Waals surface area (Å²) in [5, 5.41) is 12.2. The van der Waals surface area contributed by atoms with Crippen molar-refractivity contribution in [3.8, 4) is 16.9 Å². The zero-order valence-electron chi connectivity index (χ0n) is 25.5. The Kier molecular flexibility index (Phi) is 9.51. The monoisotopic (exact) mass is 638 g/mol. The predicted molar refractivity (Wildman–Crippen MR) is 177 cm³/mol. The van der Waals surface area contributed by atoms with Crippen molar-refractivity contribution in [3.63, 3.8) is 0 Å². The van der Waals surface area contributed by atoms with Crippen LogP contribution in [0.3, 0.4) is 0 Å². The van der Waals surface area contributed by atoms with Crippen LogP contribution < -0.4 is 10.1 Å². The van der Waals surface area contributed by atoms with Crippen molar-refractivity contribution in [1.82, 2.24) is 5.32 Å². The molecule has 0 saturated heterocycles. The van der Waals surface area contributed by atoms with Gasteiger partial charge in [0.05, 0.1) is 17.3 Å². The number of aliphatic imine (C=N–C) groups is 1. The molecule has 1 heterocycles. The van der Waals surface area contributed by atoms with Gasteiger partial charge < -0.3 is 19.9 Å². The molecule has 4 aromatic rings. The van der Waals surface area contributed by atoms with Gasteiger partial charge in [-0.1, -0.05) is 72.8 Å². The van der Waals surface area contributed by atoms with Gasteiger partial charge in [0.1, 0.15) is 5.75 Å². The number of sulfone groups is 1. The number of benzene rings is 4. The molecule has 238 valence electrons. The summed E-state index contributed by atoms with van der Waals surface area (Å²) in [7, 11) is -3.72. The lowest BCUT2D eigenvalue weighted by atomic mass is 9.84. The van der Waals surface area contributed by atoms with E-state index in [0.717, 1.165) is 29.5 Å². The summed E-state index contributed by atoms with van der Waals surface area (Å²) in [5.74, 6) is 0.675. The van der Waals surface area contributed by atoms with Crippen LogP contribution in [0.5, 0.6) is 5.75 Å². The van der Waals surface area contributed by atoms with E-state index >= 15 is 0 Å². The maximum atomic E-state index is 14.3. The van der Waals surface area contributed by atoms with E-state index in [2.05, 4.69) is 5.32 Å². The minimum absolute atomic E-state index is 0.0430. The molecule has 2 aliphatic rings. The fourth-order valence-electron chi connectivity index (χ4n) is 5.60. The highest BCUT2D eigenvalue weighted by Gasteiger charge is 2.53. The lowest BCUT2D eigenvalue weighted by Crippen LogP contribution is -2.49. The maximum Gasteiger partial charge on any atom is 0.252 e. The van der Waals surface area contributed by atoms with Gasteiger partial charge in [-0.05, 0) is 71.8 Å². The van der Waals surface area contributed by atoms with Crippen molar-refractivity contribution in [3.05, 3.63) is 120 Å². The van der Waals surface area contributed by atoms with Crippen LogP contribution in [0.2, 0.25) is 0 Å². The highest BCUT2D eigenvalue weighted by molar-refractivity contribution is 7.91. The molecule has 0 aromatic heterocycles. The molecular formula is C37H38N2O6S. The van der Waals surface area contributed by atoms with E-state index in [-0.39, 0.29) is 35.5 Å². The van der Waals surface area contributed by atoms with Gasteiger partial charge >= 0.3 is 0 Å². The number of hydrogen-bond acceptors (Lipinski definition) is 7. The number of nitrogens with zero attached hydrogens (tertiary/aromatic N) is 1. The minimum atomic E-state index is -3.72. The zero-order valence-corrected chi connectivity index (χ0v) is 26.4. The number of aliphatic hydroxyl groups is 1. The van der Waals surface area contributed by atoms with Crippen molar-refractivity contribution in [2.45, 2.75) is 42.2 Å². The molecule has 9 heteroatoms. The summed E-state index contributed by atoms with van der Waals surface area (Å²) in [6.07, 6.45) is 1.69. The summed E-state index contributed by atoms with van der Waals surface area (Å²) in [4.78, 5) is 19.4. The lowest BCUT2D eigenvalue weighted by Gasteiger charge is -2.30. The second kappa shape index (κ2) is 13.9. The number of nitrogens with one attached hydrogen (secondary N) is 1. The van der Waals surface area contributed by atoms with Crippen molar-refractivity contribution in [2.24, 2.45) is 10.9 Å². The number of hydrogen-bond donors (Lipinski definition) is 2. The van der Waals surface area contributed by atoms with E-state index < -0.39 is 21.5 Å². The fourth-order valence-corrected chi connectivity index (χ4v) is 6.99. The number of rotatable bonds is 14. The van der Waals surface area contributed by atoms with Crippen LogP contribution in [0, 0.1) is 5.92 Å². The van der Waals surface area contributed by atoms with Crippen LogP contribution in [0.4, 0.5) is 0 Å². The number of carbonyl (C=O) groups is 1. The highest BCUT2D eigenvalue weighted by Crippen LogP contribution is 2.44. The van der Waals surface area contributed by atoms with Gasteiger partial charge in [-0.25, -0.2) is 13.4 Å². The smallest absolute Gasteiger partial charge is 0.252 e. The molecule has 1 aliphatic carbocycles. The van der Waals surface area contributed by atoms with E-state index in [0.29, 0.717) is 36.8 Å². The highest BCUT2D eigenvalue weighted by atomic mass is 32.2. The molecule has 1 saturated carbocycles. The number of ether oxygens (including phenoxy) is 2. The van der Waals surface area contributed by atoms with Crippen LogP contribution in [-0.2, 0) is 19.4 Å².